The smallest absolute Gasteiger partial charge is 0.261 e. The molecule has 2 N–H and O–H groups in total. The van der Waals surface area contributed by atoms with Crippen molar-refractivity contribution < 1.29 is 13.2 Å². The Morgan fingerprint density at radius 3 is 2.19 bits per heavy atom. The van der Waals surface area contributed by atoms with Gasteiger partial charge in [0.15, 0.2) is 0 Å². The molecule has 5 nitrogen and oxygen atoms in total. The summed E-state index contributed by atoms with van der Waals surface area (Å²) in [5.41, 5.74) is 1.26. The number of rotatable bonds is 5. The van der Waals surface area contributed by atoms with Gasteiger partial charge in [0.05, 0.1) is 4.90 Å². The number of carbonyl (C=O) groups excluding carboxylic acids is 1. The van der Waals surface area contributed by atoms with Crippen LogP contribution in [0.2, 0.25) is 5.02 Å². The van der Waals surface area contributed by atoms with Crippen molar-refractivity contribution in [3.05, 3.63) is 89.4 Å². The standard InChI is InChI=1S/C19H15ClN2O3S/c20-15-9-11-17(12-10-15)22-26(24,25)18-8-4-5-14(13-18)19(23)21-16-6-2-1-3-7-16/h1-13,22H,(H,21,23). The van der Waals surface area contributed by atoms with Crippen molar-refractivity contribution in [1.29, 1.82) is 0 Å². The fourth-order valence-electron chi connectivity index (χ4n) is 2.26. The molecule has 7 heteroatoms. The lowest BCUT2D eigenvalue weighted by Crippen LogP contribution is -2.15. The predicted molar refractivity (Wildman–Crippen MR) is 103 cm³/mol. The number of hydrogen-bond donors (Lipinski definition) is 2. The van der Waals surface area contributed by atoms with Gasteiger partial charge in [-0.15, -0.1) is 0 Å². The summed E-state index contributed by atoms with van der Waals surface area (Å²) in [5, 5.41) is 3.23. The first-order valence-electron chi connectivity index (χ1n) is 7.69. The van der Waals surface area contributed by atoms with E-state index in [1.807, 2.05) is 6.07 Å². The molecule has 0 spiro atoms. The van der Waals surface area contributed by atoms with Crippen LogP contribution in [0.25, 0.3) is 0 Å². The zero-order valence-electron chi connectivity index (χ0n) is 13.5. The molecule has 132 valence electrons. The Labute approximate surface area is 156 Å². The van der Waals surface area contributed by atoms with Crippen LogP contribution in [0.1, 0.15) is 10.4 Å². The molecule has 0 aliphatic rings. The van der Waals surface area contributed by atoms with Crippen molar-refractivity contribution in [1.82, 2.24) is 0 Å². The maximum Gasteiger partial charge on any atom is 0.261 e. The van der Waals surface area contributed by atoms with Gasteiger partial charge in [0.25, 0.3) is 15.9 Å². The van der Waals surface area contributed by atoms with E-state index < -0.39 is 10.0 Å². The summed E-state index contributed by atoms with van der Waals surface area (Å²) in [4.78, 5) is 12.3. The minimum atomic E-state index is -3.83. The van der Waals surface area contributed by atoms with Crippen molar-refractivity contribution in [2.24, 2.45) is 0 Å². The molecule has 3 rings (SSSR count). The summed E-state index contributed by atoms with van der Waals surface area (Å²) in [6.07, 6.45) is 0. The number of carbonyl (C=O) groups is 1. The largest absolute Gasteiger partial charge is 0.322 e. The maximum atomic E-state index is 12.5. The second kappa shape index (κ2) is 7.59. The lowest BCUT2D eigenvalue weighted by Gasteiger charge is -2.10. The Hall–Kier alpha value is -2.83. The van der Waals surface area contributed by atoms with Crippen LogP contribution >= 0.6 is 11.6 Å². The van der Waals surface area contributed by atoms with E-state index in [1.165, 1.54) is 18.2 Å². The van der Waals surface area contributed by atoms with Crippen LogP contribution in [0.4, 0.5) is 11.4 Å². The first kappa shape index (κ1) is 18.0. The highest BCUT2D eigenvalue weighted by Gasteiger charge is 2.16. The van der Waals surface area contributed by atoms with Gasteiger partial charge in [-0.25, -0.2) is 8.42 Å². The molecule has 0 fully saturated rings. The van der Waals surface area contributed by atoms with E-state index in [-0.39, 0.29) is 16.4 Å². The van der Waals surface area contributed by atoms with E-state index >= 15 is 0 Å². The summed E-state index contributed by atoms with van der Waals surface area (Å²) in [6, 6.07) is 21.1. The molecule has 0 radical (unpaired) electrons. The van der Waals surface area contributed by atoms with Crippen LogP contribution in [0.3, 0.4) is 0 Å². The number of hydrogen-bond acceptors (Lipinski definition) is 3. The van der Waals surface area contributed by atoms with Gasteiger partial charge in [-0.3, -0.25) is 9.52 Å². The zero-order valence-corrected chi connectivity index (χ0v) is 15.1. The number of amides is 1. The number of halogens is 1. The van der Waals surface area contributed by atoms with Crippen LogP contribution < -0.4 is 10.0 Å². The van der Waals surface area contributed by atoms with Crippen LogP contribution in [-0.4, -0.2) is 14.3 Å². The van der Waals surface area contributed by atoms with Crippen LogP contribution in [-0.2, 0) is 10.0 Å². The normalized spacial score (nSPS) is 11.0. The van der Waals surface area contributed by atoms with Gasteiger partial charge in [-0.05, 0) is 54.6 Å². The highest BCUT2D eigenvalue weighted by molar-refractivity contribution is 7.92. The molecule has 0 aliphatic heterocycles. The minimum Gasteiger partial charge on any atom is -0.322 e. The van der Waals surface area contributed by atoms with E-state index in [9.17, 15) is 13.2 Å². The van der Waals surface area contributed by atoms with Gasteiger partial charge < -0.3 is 5.32 Å². The number of benzene rings is 3. The SMILES string of the molecule is O=C(Nc1ccccc1)c1cccc(S(=O)(=O)Nc2ccc(Cl)cc2)c1. The molecular weight excluding hydrogens is 372 g/mol. The van der Waals surface area contributed by atoms with Crippen LogP contribution in [0.5, 0.6) is 0 Å². The Kier molecular flexibility index (Phi) is 5.25. The number of nitrogens with one attached hydrogen (secondary N) is 2. The van der Waals surface area contributed by atoms with Gasteiger partial charge in [0.1, 0.15) is 0 Å². The summed E-state index contributed by atoms with van der Waals surface area (Å²) in [6.45, 7) is 0. The van der Waals surface area contributed by atoms with Gasteiger partial charge in [0, 0.05) is 22.0 Å². The molecule has 3 aromatic carbocycles. The van der Waals surface area contributed by atoms with Crippen LogP contribution in [0, 0.1) is 0 Å². The molecule has 0 bridgehead atoms. The van der Waals surface area contributed by atoms with Crippen molar-refractivity contribution in [3.63, 3.8) is 0 Å². The fourth-order valence-corrected chi connectivity index (χ4v) is 3.49. The van der Waals surface area contributed by atoms with E-state index in [1.54, 1.807) is 54.6 Å². The van der Waals surface area contributed by atoms with Gasteiger partial charge >= 0.3 is 0 Å². The summed E-state index contributed by atoms with van der Waals surface area (Å²) >= 11 is 5.80. The second-order valence-corrected chi connectivity index (χ2v) is 7.58. The average Bonchev–Trinajstić information content (AvgIpc) is 2.64. The number of para-hydroxylation sites is 1. The van der Waals surface area contributed by atoms with E-state index in [4.69, 9.17) is 11.6 Å². The number of sulfonamides is 1. The molecule has 0 aliphatic carbocycles. The van der Waals surface area contributed by atoms with Crippen molar-refractivity contribution in [2.45, 2.75) is 4.90 Å². The van der Waals surface area contributed by atoms with Crippen molar-refractivity contribution in [2.75, 3.05) is 10.0 Å². The summed E-state index contributed by atoms with van der Waals surface area (Å²) < 4.78 is 27.5. The Morgan fingerprint density at radius 2 is 1.50 bits per heavy atom. The van der Waals surface area contributed by atoms with Crippen molar-refractivity contribution >= 4 is 38.9 Å². The quantitative estimate of drug-likeness (QED) is 0.682. The first-order chi connectivity index (χ1) is 12.4. The first-order valence-corrected chi connectivity index (χ1v) is 9.55. The molecule has 0 atom stereocenters. The third-order valence-corrected chi connectivity index (χ3v) is 5.17. The topological polar surface area (TPSA) is 75.3 Å². The molecule has 0 aromatic heterocycles. The van der Waals surface area contributed by atoms with E-state index in [0.717, 1.165) is 0 Å². The molecule has 0 saturated carbocycles. The van der Waals surface area contributed by atoms with E-state index in [2.05, 4.69) is 10.0 Å². The zero-order chi connectivity index (χ0) is 18.6. The Balaban J connectivity index is 1.81. The van der Waals surface area contributed by atoms with E-state index in [0.29, 0.717) is 16.4 Å². The van der Waals surface area contributed by atoms with Gasteiger partial charge in [-0.2, -0.15) is 0 Å². The van der Waals surface area contributed by atoms with Gasteiger partial charge in [-0.1, -0.05) is 35.9 Å². The second-order valence-electron chi connectivity index (χ2n) is 5.46. The molecule has 26 heavy (non-hydrogen) atoms. The highest BCUT2D eigenvalue weighted by Crippen LogP contribution is 2.19. The third-order valence-electron chi connectivity index (χ3n) is 3.53. The average molecular weight is 387 g/mol. The van der Waals surface area contributed by atoms with Gasteiger partial charge in [0.2, 0.25) is 0 Å². The third kappa shape index (κ3) is 4.41. The molecule has 0 heterocycles. The summed E-state index contributed by atoms with van der Waals surface area (Å²) in [7, 11) is -3.83. The van der Waals surface area contributed by atoms with Crippen molar-refractivity contribution in [3.8, 4) is 0 Å². The maximum absolute atomic E-state index is 12.5. The molecule has 0 unspecified atom stereocenters. The van der Waals surface area contributed by atoms with Crippen LogP contribution in [0.15, 0.2) is 83.8 Å². The number of anilines is 2. The molecule has 1 amide bonds. The monoisotopic (exact) mass is 386 g/mol. The summed E-state index contributed by atoms with van der Waals surface area (Å²) in [5.74, 6) is -0.389. The Morgan fingerprint density at radius 1 is 0.808 bits per heavy atom. The molecular formula is C19H15ClN2O3S. The Bertz CT molecular complexity index is 1020. The lowest BCUT2D eigenvalue weighted by atomic mass is 10.2. The predicted octanol–water partition coefficient (Wildman–Crippen LogP) is 4.39. The fraction of sp³-hybridized carbons (Fsp3) is 0. The highest BCUT2D eigenvalue weighted by atomic mass is 35.5. The minimum absolute atomic E-state index is 0.00633. The molecule has 3 aromatic rings. The lowest BCUT2D eigenvalue weighted by molar-refractivity contribution is 0.102. The molecule has 0 saturated heterocycles.